The lowest BCUT2D eigenvalue weighted by Gasteiger charge is -2.38. The summed E-state index contributed by atoms with van der Waals surface area (Å²) in [6, 6.07) is 0.635. The van der Waals surface area contributed by atoms with Gasteiger partial charge in [-0.1, -0.05) is 26.7 Å². The Hall–Kier alpha value is -0.570. The zero-order valence-electron chi connectivity index (χ0n) is 11.8. The molecule has 3 heteroatoms. The Kier molecular flexibility index (Phi) is 4.66. The monoisotopic (exact) mass is 253 g/mol. The molecule has 2 aliphatic carbocycles. The van der Waals surface area contributed by atoms with Gasteiger partial charge in [0.1, 0.15) is 0 Å². The molecule has 0 amide bonds. The van der Waals surface area contributed by atoms with Crippen LogP contribution < -0.4 is 0 Å². The van der Waals surface area contributed by atoms with Crippen LogP contribution in [0.2, 0.25) is 0 Å². The SMILES string of the molecule is CCN(CC(C)C(=O)O)C1CCCC(C2CC2)C1. The first-order valence-corrected chi connectivity index (χ1v) is 7.58. The topological polar surface area (TPSA) is 40.5 Å². The summed E-state index contributed by atoms with van der Waals surface area (Å²) in [5.74, 6) is 1.02. The Bertz CT molecular complexity index is 288. The van der Waals surface area contributed by atoms with Crippen molar-refractivity contribution in [1.29, 1.82) is 0 Å². The molecule has 0 bridgehead atoms. The van der Waals surface area contributed by atoms with Gasteiger partial charge in [-0.3, -0.25) is 9.69 Å². The molecule has 2 saturated carbocycles. The van der Waals surface area contributed by atoms with Crippen molar-refractivity contribution in [3.63, 3.8) is 0 Å². The van der Waals surface area contributed by atoms with Gasteiger partial charge in [-0.05, 0) is 44.1 Å². The summed E-state index contributed by atoms with van der Waals surface area (Å²) in [5.41, 5.74) is 0. The predicted molar refractivity (Wildman–Crippen MR) is 72.5 cm³/mol. The first kappa shape index (κ1) is 13.9. The zero-order valence-corrected chi connectivity index (χ0v) is 11.8. The maximum atomic E-state index is 11.0. The van der Waals surface area contributed by atoms with Crippen LogP contribution in [0.1, 0.15) is 52.4 Å². The van der Waals surface area contributed by atoms with E-state index in [1.54, 1.807) is 0 Å². The minimum atomic E-state index is -0.664. The third-order valence-corrected chi connectivity index (χ3v) is 4.83. The van der Waals surface area contributed by atoms with Crippen molar-refractivity contribution in [2.24, 2.45) is 17.8 Å². The van der Waals surface area contributed by atoms with Gasteiger partial charge in [0.2, 0.25) is 0 Å². The summed E-state index contributed by atoms with van der Waals surface area (Å²) in [7, 11) is 0. The molecule has 0 aromatic carbocycles. The molecule has 3 nitrogen and oxygen atoms in total. The van der Waals surface area contributed by atoms with Crippen LogP contribution in [0.25, 0.3) is 0 Å². The van der Waals surface area contributed by atoms with Gasteiger partial charge in [-0.15, -0.1) is 0 Å². The van der Waals surface area contributed by atoms with Crippen LogP contribution in [0.5, 0.6) is 0 Å². The van der Waals surface area contributed by atoms with E-state index in [4.69, 9.17) is 5.11 Å². The van der Waals surface area contributed by atoms with Gasteiger partial charge in [-0.25, -0.2) is 0 Å². The molecule has 0 radical (unpaired) electrons. The Labute approximate surface area is 111 Å². The van der Waals surface area contributed by atoms with Gasteiger partial charge in [0.05, 0.1) is 5.92 Å². The highest BCUT2D eigenvalue weighted by Crippen LogP contribution is 2.44. The molecule has 2 fully saturated rings. The molecule has 18 heavy (non-hydrogen) atoms. The van der Waals surface area contributed by atoms with Crippen molar-refractivity contribution >= 4 is 5.97 Å². The van der Waals surface area contributed by atoms with Crippen LogP contribution in [-0.4, -0.2) is 35.1 Å². The normalized spacial score (nSPS) is 30.4. The Balaban J connectivity index is 1.87. The molecule has 104 valence electrons. The van der Waals surface area contributed by atoms with Crippen molar-refractivity contribution in [2.45, 2.75) is 58.4 Å². The maximum absolute atomic E-state index is 11.0. The van der Waals surface area contributed by atoms with Gasteiger partial charge >= 0.3 is 5.97 Å². The number of carbonyl (C=O) groups is 1. The van der Waals surface area contributed by atoms with Crippen molar-refractivity contribution in [3.8, 4) is 0 Å². The lowest BCUT2D eigenvalue weighted by molar-refractivity contribution is -0.142. The summed E-state index contributed by atoms with van der Waals surface area (Å²) in [5, 5.41) is 9.05. The van der Waals surface area contributed by atoms with Crippen LogP contribution >= 0.6 is 0 Å². The summed E-state index contributed by atoms with van der Waals surface area (Å²) < 4.78 is 0. The first-order valence-electron chi connectivity index (χ1n) is 7.58. The fraction of sp³-hybridized carbons (Fsp3) is 0.933. The van der Waals surface area contributed by atoms with E-state index in [9.17, 15) is 4.79 Å². The molecule has 0 aromatic heterocycles. The molecule has 0 aromatic rings. The third-order valence-electron chi connectivity index (χ3n) is 4.83. The highest BCUT2D eigenvalue weighted by Gasteiger charge is 2.36. The van der Waals surface area contributed by atoms with E-state index in [2.05, 4.69) is 11.8 Å². The van der Waals surface area contributed by atoms with E-state index in [0.29, 0.717) is 12.6 Å². The van der Waals surface area contributed by atoms with Gasteiger partial charge in [0.15, 0.2) is 0 Å². The van der Waals surface area contributed by atoms with Gasteiger partial charge < -0.3 is 5.11 Å². The van der Waals surface area contributed by atoms with Gasteiger partial charge in [-0.2, -0.15) is 0 Å². The molecular weight excluding hydrogens is 226 g/mol. The van der Waals surface area contributed by atoms with E-state index < -0.39 is 5.97 Å². The minimum Gasteiger partial charge on any atom is -0.481 e. The number of rotatable bonds is 6. The standard InChI is InChI=1S/C15H27NO2/c1-3-16(10-11(2)15(17)18)14-6-4-5-13(9-14)12-7-8-12/h11-14H,3-10H2,1-2H3,(H,17,18). The van der Waals surface area contributed by atoms with Crippen molar-refractivity contribution in [1.82, 2.24) is 4.90 Å². The molecule has 3 atom stereocenters. The quantitative estimate of drug-likeness (QED) is 0.791. The van der Waals surface area contributed by atoms with Crippen molar-refractivity contribution < 1.29 is 9.90 Å². The Morgan fingerprint density at radius 2 is 2.00 bits per heavy atom. The van der Waals surface area contributed by atoms with Gasteiger partial charge in [0, 0.05) is 12.6 Å². The van der Waals surface area contributed by atoms with Crippen LogP contribution in [0, 0.1) is 17.8 Å². The largest absolute Gasteiger partial charge is 0.481 e. The number of nitrogens with zero attached hydrogens (tertiary/aromatic N) is 1. The van der Waals surface area contributed by atoms with E-state index in [1.807, 2.05) is 6.92 Å². The smallest absolute Gasteiger partial charge is 0.307 e. The number of aliphatic carboxylic acids is 1. The number of carboxylic acids is 1. The number of hydrogen-bond donors (Lipinski definition) is 1. The summed E-state index contributed by atoms with van der Waals surface area (Å²) in [4.78, 5) is 13.4. The summed E-state index contributed by atoms with van der Waals surface area (Å²) in [6.07, 6.45) is 8.20. The fourth-order valence-electron chi connectivity index (χ4n) is 3.49. The summed E-state index contributed by atoms with van der Waals surface area (Å²) in [6.45, 7) is 5.69. The second-order valence-electron chi connectivity index (χ2n) is 6.24. The van der Waals surface area contributed by atoms with E-state index in [-0.39, 0.29) is 5.92 Å². The van der Waals surface area contributed by atoms with E-state index >= 15 is 0 Å². The molecule has 2 rings (SSSR count). The lowest BCUT2D eigenvalue weighted by atomic mass is 9.82. The molecule has 1 N–H and O–H groups in total. The van der Waals surface area contributed by atoms with Crippen molar-refractivity contribution in [2.75, 3.05) is 13.1 Å². The lowest BCUT2D eigenvalue weighted by Crippen LogP contribution is -2.42. The van der Waals surface area contributed by atoms with E-state index in [0.717, 1.165) is 18.4 Å². The van der Waals surface area contributed by atoms with Crippen LogP contribution in [0.15, 0.2) is 0 Å². The second kappa shape index (κ2) is 6.05. The van der Waals surface area contributed by atoms with Crippen LogP contribution in [0.3, 0.4) is 0 Å². The molecule has 0 saturated heterocycles. The Morgan fingerprint density at radius 3 is 2.56 bits per heavy atom. The minimum absolute atomic E-state index is 0.244. The molecule has 3 unspecified atom stereocenters. The van der Waals surface area contributed by atoms with Crippen LogP contribution in [0.4, 0.5) is 0 Å². The first-order chi connectivity index (χ1) is 8.61. The third kappa shape index (κ3) is 3.47. The average molecular weight is 253 g/mol. The Morgan fingerprint density at radius 1 is 1.28 bits per heavy atom. The molecule has 0 heterocycles. The zero-order chi connectivity index (χ0) is 13.1. The molecular formula is C15H27NO2. The fourth-order valence-corrected chi connectivity index (χ4v) is 3.49. The second-order valence-corrected chi connectivity index (χ2v) is 6.24. The highest BCUT2D eigenvalue weighted by molar-refractivity contribution is 5.69. The molecule has 0 aliphatic heterocycles. The molecule has 2 aliphatic rings. The highest BCUT2D eigenvalue weighted by atomic mass is 16.4. The van der Waals surface area contributed by atoms with Crippen molar-refractivity contribution in [3.05, 3.63) is 0 Å². The number of carboxylic acid groups (broad SMARTS) is 1. The van der Waals surface area contributed by atoms with Gasteiger partial charge in [0.25, 0.3) is 0 Å². The predicted octanol–water partition coefficient (Wildman–Crippen LogP) is 3.00. The maximum Gasteiger partial charge on any atom is 0.307 e. The summed E-state index contributed by atoms with van der Waals surface area (Å²) >= 11 is 0. The average Bonchev–Trinajstić information content (AvgIpc) is 3.19. The van der Waals surface area contributed by atoms with Crippen LogP contribution in [-0.2, 0) is 4.79 Å². The number of hydrogen-bond acceptors (Lipinski definition) is 2. The molecule has 0 spiro atoms. The van der Waals surface area contributed by atoms with E-state index in [1.165, 1.54) is 38.5 Å².